The van der Waals surface area contributed by atoms with Gasteiger partial charge in [-0.2, -0.15) is 0 Å². The van der Waals surface area contributed by atoms with Crippen LogP contribution in [0.5, 0.6) is 0 Å². The van der Waals surface area contributed by atoms with Crippen molar-refractivity contribution >= 4 is 21.6 Å². The van der Waals surface area contributed by atoms with Gasteiger partial charge in [0.1, 0.15) is 0 Å². The minimum Gasteiger partial charge on any atom is -0.389 e. The SMILES string of the molecule is C[C@@H](O)c1ccc(N(C)CC2CCN(C)CC2)c(Br)c1. The summed E-state index contributed by atoms with van der Waals surface area (Å²) in [5, 5.41) is 9.62. The molecule has 0 amide bonds. The number of benzene rings is 1. The van der Waals surface area contributed by atoms with E-state index in [2.05, 4.69) is 45.9 Å². The molecule has 0 aromatic heterocycles. The molecule has 0 unspecified atom stereocenters. The van der Waals surface area contributed by atoms with Gasteiger partial charge in [-0.25, -0.2) is 0 Å². The molecular weight excluding hydrogens is 316 g/mol. The van der Waals surface area contributed by atoms with Gasteiger partial charge in [0.2, 0.25) is 0 Å². The van der Waals surface area contributed by atoms with Gasteiger partial charge in [0, 0.05) is 18.1 Å². The fraction of sp³-hybridized carbons (Fsp3) is 0.625. The number of hydrogen-bond acceptors (Lipinski definition) is 3. The van der Waals surface area contributed by atoms with E-state index in [1.54, 1.807) is 6.92 Å². The van der Waals surface area contributed by atoms with Crippen molar-refractivity contribution < 1.29 is 5.11 Å². The minimum atomic E-state index is -0.417. The van der Waals surface area contributed by atoms with Crippen LogP contribution >= 0.6 is 15.9 Å². The molecule has 2 rings (SSSR count). The Bertz CT molecular complexity index is 442. The smallest absolute Gasteiger partial charge is 0.0762 e. The number of rotatable bonds is 4. The molecule has 4 heteroatoms. The molecule has 0 spiro atoms. The van der Waals surface area contributed by atoms with Gasteiger partial charge < -0.3 is 14.9 Å². The number of likely N-dealkylation sites (tertiary alicyclic amines) is 1. The molecule has 1 aromatic carbocycles. The molecule has 0 saturated carbocycles. The zero-order valence-electron chi connectivity index (χ0n) is 12.6. The van der Waals surface area contributed by atoms with E-state index in [-0.39, 0.29) is 0 Å². The first-order valence-corrected chi connectivity index (χ1v) is 8.14. The highest BCUT2D eigenvalue weighted by molar-refractivity contribution is 9.10. The predicted octanol–water partition coefficient (Wildman–Crippen LogP) is 3.28. The minimum absolute atomic E-state index is 0.417. The summed E-state index contributed by atoms with van der Waals surface area (Å²) >= 11 is 3.63. The number of hydrogen-bond donors (Lipinski definition) is 1. The summed E-state index contributed by atoms with van der Waals surface area (Å²) in [6, 6.07) is 6.13. The number of nitrogens with zero attached hydrogens (tertiary/aromatic N) is 2. The van der Waals surface area contributed by atoms with E-state index >= 15 is 0 Å². The summed E-state index contributed by atoms with van der Waals surface area (Å²) in [6.45, 7) is 5.31. The topological polar surface area (TPSA) is 26.7 Å². The van der Waals surface area contributed by atoms with Crippen LogP contribution < -0.4 is 4.90 Å². The molecular formula is C16H25BrN2O. The average molecular weight is 341 g/mol. The second-order valence-corrected chi connectivity index (χ2v) is 6.87. The molecule has 1 heterocycles. The van der Waals surface area contributed by atoms with Crippen LogP contribution in [0.15, 0.2) is 22.7 Å². The van der Waals surface area contributed by atoms with Crippen molar-refractivity contribution in [3.63, 3.8) is 0 Å². The van der Waals surface area contributed by atoms with Crippen LogP contribution in [-0.4, -0.2) is 43.7 Å². The highest BCUT2D eigenvalue weighted by Gasteiger charge is 2.19. The van der Waals surface area contributed by atoms with Crippen LogP contribution in [0.4, 0.5) is 5.69 Å². The summed E-state index contributed by atoms with van der Waals surface area (Å²) in [5.41, 5.74) is 2.15. The Morgan fingerprint density at radius 3 is 2.60 bits per heavy atom. The fourth-order valence-electron chi connectivity index (χ4n) is 2.82. The number of halogens is 1. The van der Waals surface area contributed by atoms with Crippen molar-refractivity contribution in [1.82, 2.24) is 4.90 Å². The predicted molar refractivity (Wildman–Crippen MR) is 88.3 cm³/mol. The normalized spacial score (nSPS) is 19.1. The molecule has 1 saturated heterocycles. The zero-order valence-corrected chi connectivity index (χ0v) is 14.2. The summed E-state index contributed by atoms with van der Waals surface area (Å²) in [4.78, 5) is 4.73. The van der Waals surface area contributed by atoms with Crippen molar-refractivity contribution in [3.05, 3.63) is 28.2 Å². The third-order valence-electron chi connectivity index (χ3n) is 4.24. The Morgan fingerprint density at radius 1 is 1.40 bits per heavy atom. The van der Waals surface area contributed by atoms with Crippen molar-refractivity contribution in [3.8, 4) is 0 Å². The lowest BCUT2D eigenvalue weighted by Gasteiger charge is -2.32. The van der Waals surface area contributed by atoms with Crippen LogP contribution in [0.1, 0.15) is 31.4 Å². The first-order valence-electron chi connectivity index (χ1n) is 7.34. The third kappa shape index (κ3) is 3.96. The maximum absolute atomic E-state index is 9.62. The third-order valence-corrected chi connectivity index (χ3v) is 4.87. The maximum Gasteiger partial charge on any atom is 0.0762 e. The van der Waals surface area contributed by atoms with E-state index < -0.39 is 6.10 Å². The first-order chi connectivity index (χ1) is 9.47. The molecule has 1 aliphatic heterocycles. The first kappa shape index (κ1) is 15.8. The largest absolute Gasteiger partial charge is 0.389 e. The number of piperidine rings is 1. The summed E-state index contributed by atoms with van der Waals surface area (Å²) in [7, 11) is 4.35. The molecule has 1 aliphatic rings. The van der Waals surface area contributed by atoms with Crippen LogP contribution in [0.2, 0.25) is 0 Å². The van der Waals surface area contributed by atoms with E-state index in [1.165, 1.54) is 31.6 Å². The van der Waals surface area contributed by atoms with E-state index in [1.807, 2.05) is 12.1 Å². The maximum atomic E-state index is 9.62. The second-order valence-electron chi connectivity index (χ2n) is 6.01. The molecule has 1 aromatic rings. The van der Waals surface area contributed by atoms with Gasteiger partial charge in [0.25, 0.3) is 0 Å². The van der Waals surface area contributed by atoms with E-state index in [0.29, 0.717) is 0 Å². The standard InChI is InChI=1S/C16H25BrN2O/c1-12(20)14-4-5-16(15(17)10-14)19(3)11-13-6-8-18(2)9-7-13/h4-5,10,12-13,20H,6-9,11H2,1-3H3/t12-/m1/s1. The molecule has 1 N–H and O–H groups in total. The van der Waals surface area contributed by atoms with E-state index in [9.17, 15) is 5.11 Å². The molecule has 20 heavy (non-hydrogen) atoms. The fourth-order valence-corrected chi connectivity index (χ4v) is 3.52. The van der Waals surface area contributed by atoms with Crippen molar-refractivity contribution in [2.24, 2.45) is 5.92 Å². The summed E-state index contributed by atoms with van der Waals surface area (Å²) in [6.07, 6.45) is 2.15. The van der Waals surface area contributed by atoms with Gasteiger partial charge in [0.05, 0.1) is 11.8 Å². The molecule has 0 bridgehead atoms. The molecule has 112 valence electrons. The van der Waals surface area contributed by atoms with Gasteiger partial charge in [-0.1, -0.05) is 6.07 Å². The molecule has 0 aliphatic carbocycles. The number of aliphatic hydroxyl groups is 1. The Labute approximate surface area is 130 Å². The van der Waals surface area contributed by atoms with Gasteiger partial charge >= 0.3 is 0 Å². The lowest BCUT2D eigenvalue weighted by atomic mass is 9.96. The highest BCUT2D eigenvalue weighted by Crippen LogP contribution is 2.30. The lowest BCUT2D eigenvalue weighted by Crippen LogP contribution is -2.35. The van der Waals surface area contributed by atoms with Crippen molar-refractivity contribution in [2.45, 2.75) is 25.9 Å². The number of anilines is 1. The van der Waals surface area contributed by atoms with Gasteiger partial charge in [-0.05, 0) is 79.4 Å². The average Bonchev–Trinajstić information content (AvgIpc) is 2.41. The molecule has 1 atom stereocenters. The van der Waals surface area contributed by atoms with Crippen molar-refractivity contribution in [2.75, 3.05) is 38.6 Å². The molecule has 1 fully saturated rings. The number of aliphatic hydroxyl groups excluding tert-OH is 1. The monoisotopic (exact) mass is 340 g/mol. The van der Waals surface area contributed by atoms with Crippen LogP contribution in [0, 0.1) is 5.92 Å². The second kappa shape index (κ2) is 6.92. The van der Waals surface area contributed by atoms with Gasteiger partial charge in [0.15, 0.2) is 0 Å². The zero-order chi connectivity index (χ0) is 14.7. The Balaban J connectivity index is 2.00. The Morgan fingerprint density at radius 2 is 2.05 bits per heavy atom. The van der Waals surface area contributed by atoms with Crippen LogP contribution in [-0.2, 0) is 0 Å². The Hall–Kier alpha value is -0.580. The summed E-state index contributed by atoms with van der Waals surface area (Å²) in [5.74, 6) is 0.777. The van der Waals surface area contributed by atoms with Crippen LogP contribution in [0.3, 0.4) is 0 Å². The lowest BCUT2D eigenvalue weighted by molar-refractivity contribution is 0.199. The summed E-state index contributed by atoms with van der Waals surface area (Å²) < 4.78 is 1.06. The van der Waals surface area contributed by atoms with E-state index in [4.69, 9.17) is 0 Å². The quantitative estimate of drug-likeness (QED) is 0.911. The van der Waals surface area contributed by atoms with E-state index in [0.717, 1.165) is 22.5 Å². The highest BCUT2D eigenvalue weighted by atomic mass is 79.9. The molecule has 3 nitrogen and oxygen atoms in total. The van der Waals surface area contributed by atoms with Crippen molar-refractivity contribution in [1.29, 1.82) is 0 Å². The molecule has 0 radical (unpaired) electrons. The van der Waals surface area contributed by atoms with Gasteiger partial charge in [-0.3, -0.25) is 0 Å². The van der Waals surface area contributed by atoms with Gasteiger partial charge in [-0.15, -0.1) is 0 Å². The Kier molecular flexibility index (Phi) is 5.47. The van der Waals surface area contributed by atoms with Crippen LogP contribution in [0.25, 0.3) is 0 Å².